The van der Waals surface area contributed by atoms with Gasteiger partial charge in [0.1, 0.15) is 0 Å². The Kier molecular flexibility index (Phi) is 44.9. The van der Waals surface area contributed by atoms with Gasteiger partial charge in [0.2, 0.25) is 0 Å². The van der Waals surface area contributed by atoms with E-state index in [1.54, 1.807) is 0 Å². The average Bonchev–Trinajstić information content (AvgIpc) is 3.04. The third-order valence-electron chi connectivity index (χ3n) is 9.47. The Hall–Kier alpha value is -0.0800. The van der Waals surface area contributed by atoms with Gasteiger partial charge in [0.25, 0.3) is 0 Å². The normalized spacial score (nSPS) is 11.5. The molecule has 0 aliphatic carbocycles. The van der Waals surface area contributed by atoms with E-state index in [1.807, 2.05) is 0 Å². The highest BCUT2D eigenvalue weighted by Gasteiger charge is 2.06. The standard InChI is InChI=1S/C24H51N.C18H39N/c1-4-7-10-13-16-19-22-25(23-20-17-14-11-8-5-2)24-21-18-15-12-9-6-3;1-4-7-10-13-16-19(17-14-11-8-5-2)18-15-12-9-6-3/h4-24H2,1-3H3;4-18H2,1-3H3. The molecule has 0 heterocycles. The highest BCUT2D eigenvalue weighted by atomic mass is 15.1. The van der Waals surface area contributed by atoms with Crippen molar-refractivity contribution in [2.75, 3.05) is 39.3 Å². The highest BCUT2D eigenvalue weighted by Crippen LogP contribution is 2.12. The fourth-order valence-corrected chi connectivity index (χ4v) is 6.30. The van der Waals surface area contributed by atoms with Gasteiger partial charge < -0.3 is 9.80 Å². The summed E-state index contributed by atoms with van der Waals surface area (Å²) in [7, 11) is 0. The molecule has 0 unspecified atom stereocenters. The van der Waals surface area contributed by atoms with Gasteiger partial charge in [0.05, 0.1) is 0 Å². The fraction of sp³-hybridized carbons (Fsp3) is 1.00. The lowest BCUT2D eigenvalue weighted by atomic mass is 10.1. The van der Waals surface area contributed by atoms with Gasteiger partial charge in [-0.3, -0.25) is 0 Å². The van der Waals surface area contributed by atoms with Crippen molar-refractivity contribution in [2.24, 2.45) is 0 Å². The summed E-state index contributed by atoms with van der Waals surface area (Å²) in [5.74, 6) is 0. The van der Waals surface area contributed by atoms with Crippen LogP contribution < -0.4 is 0 Å². The molecule has 0 aromatic heterocycles. The molecule has 2 nitrogen and oxygen atoms in total. The van der Waals surface area contributed by atoms with Crippen molar-refractivity contribution >= 4 is 0 Å². The van der Waals surface area contributed by atoms with Crippen LogP contribution in [0.3, 0.4) is 0 Å². The predicted octanol–water partition coefficient (Wildman–Crippen LogP) is 14.4. The molecule has 0 spiro atoms. The minimum Gasteiger partial charge on any atom is -0.303 e. The third-order valence-corrected chi connectivity index (χ3v) is 9.47. The Morgan fingerprint density at radius 3 is 0.500 bits per heavy atom. The lowest BCUT2D eigenvalue weighted by Crippen LogP contribution is -2.27. The first-order valence-corrected chi connectivity index (χ1v) is 21.1. The molecule has 0 N–H and O–H groups in total. The van der Waals surface area contributed by atoms with Crippen molar-refractivity contribution in [3.05, 3.63) is 0 Å². The van der Waals surface area contributed by atoms with E-state index < -0.39 is 0 Å². The molecule has 0 amide bonds. The molecule has 0 fully saturated rings. The van der Waals surface area contributed by atoms with E-state index >= 15 is 0 Å². The summed E-state index contributed by atoms with van der Waals surface area (Å²) in [4.78, 5) is 5.53. The average molecular weight is 623 g/mol. The van der Waals surface area contributed by atoms with Crippen LogP contribution in [-0.2, 0) is 0 Å². The first-order valence-electron chi connectivity index (χ1n) is 21.1. The zero-order valence-electron chi connectivity index (χ0n) is 32.4. The Morgan fingerprint density at radius 1 is 0.182 bits per heavy atom. The second-order valence-corrected chi connectivity index (χ2v) is 14.2. The topological polar surface area (TPSA) is 6.48 Å². The van der Waals surface area contributed by atoms with Crippen LogP contribution in [0.4, 0.5) is 0 Å². The molecule has 268 valence electrons. The van der Waals surface area contributed by atoms with Crippen molar-refractivity contribution in [1.82, 2.24) is 9.80 Å². The van der Waals surface area contributed by atoms with Crippen LogP contribution in [0.15, 0.2) is 0 Å². The van der Waals surface area contributed by atoms with Gasteiger partial charge in [-0.05, 0) is 77.8 Å². The summed E-state index contributed by atoms with van der Waals surface area (Å²) in [6.07, 6.45) is 42.5. The molecule has 0 aromatic carbocycles. The van der Waals surface area contributed by atoms with Gasteiger partial charge in [-0.15, -0.1) is 0 Å². The highest BCUT2D eigenvalue weighted by molar-refractivity contribution is 4.61. The van der Waals surface area contributed by atoms with E-state index in [0.29, 0.717) is 0 Å². The van der Waals surface area contributed by atoms with Crippen molar-refractivity contribution in [1.29, 1.82) is 0 Å². The molecule has 0 bridgehead atoms. The maximum absolute atomic E-state index is 2.79. The van der Waals surface area contributed by atoms with Crippen molar-refractivity contribution < 1.29 is 0 Å². The Morgan fingerprint density at radius 2 is 0.318 bits per heavy atom. The van der Waals surface area contributed by atoms with Gasteiger partial charge in [-0.2, -0.15) is 0 Å². The van der Waals surface area contributed by atoms with E-state index in [1.165, 1.54) is 232 Å². The molecule has 0 rings (SSSR count). The molecule has 0 saturated heterocycles. The van der Waals surface area contributed by atoms with Crippen LogP contribution in [0.5, 0.6) is 0 Å². The number of hydrogen-bond acceptors (Lipinski definition) is 2. The predicted molar refractivity (Wildman–Crippen MR) is 205 cm³/mol. The Labute approximate surface area is 282 Å². The number of unbranched alkanes of at least 4 members (excludes halogenated alkanes) is 24. The van der Waals surface area contributed by atoms with Crippen LogP contribution in [0.1, 0.15) is 234 Å². The first kappa shape index (κ1) is 46.0. The zero-order valence-corrected chi connectivity index (χ0v) is 32.4. The van der Waals surface area contributed by atoms with Crippen LogP contribution in [0.2, 0.25) is 0 Å². The van der Waals surface area contributed by atoms with E-state index in [4.69, 9.17) is 0 Å². The van der Waals surface area contributed by atoms with E-state index in [2.05, 4.69) is 51.3 Å². The fourth-order valence-electron chi connectivity index (χ4n) is 6.30. The van der Waals surface area contributed by atoms with E-state index in [-0.39, 0.29) is 0 Å². The number of hydrogen-bond donors (Lipinski definition) is 0. The zero-order chi connectivity index (χ0) is 32.6. The summed E-state index contributed by atoms with van der Waals surface area (Å²) < 4.78 is 0. The van der Waals surface area contributed by atoms with Gasteiger partial charge in [0.15, 0.2) is 0 Å². The SMILES string of the molecule is CCCCCCCCN(CCCCCCCC)CCCCCCCC.CCCCCCN(CCCCCC)CCCCCC. The van der Waals surface area contributed by atoms with E-state index in [0.717, 1.165) is 0 Å². The quantitative estimate of drug-likeness (QED) is 0.0641. The molecule has 0 radical (unpaired) electrons. The Bertz CT molecular complexity index is 398. The lowest BCUT2D eigenvalue weighted by molar-refractivity contribution is 0.254. The molecule has 0 aliphatic rings. The molecular formula is C42H90N2. The first-order chi connectivity index (χ1) is 21.7. The minimum absolute atomic E-state index is 1.35. The van der Waals surface area contributed by atoms with Crippen LogP contribution in [0.25, 0.3) is 0 Å². The molecule has 0 atom stereocenters. The maximum atomic E-state index is 2.79. The van der Waals surface area contributed by atoms with Crippen molar-refractivity contribution in [3.8, 4) is 0 Å². The van der Waals surface area contributed by atoms with Crippen LogP contribution in [0, 0.1) is 0 Å². The maximum Gasteiger partial charge on any atom is -0.00187 e. The van der Waals surface area contributed by atoms with Gasteiger partial charge in [0, 0.05) is 0 Å². The third kappa shape index (κ3) is 39.9. The van der Waals surface area contributed by atoms with Crippen LogP contribution >= 0.6 is 0 Å². The molecular weight excluding hydrogens is 532 g/mol. The summed E-state index contributed by atoms with van der Waals surface area (Å²) in [6.45, 7) is 21.9. The number of rotatable bonds is 36. The lowest BCUT2D eigenvalue weighted by Gasteiger charge is -2.22. The minimum atomic E-state index is 1.35. The molecule has 2 heteroatoms. The second-order valence-electron chi connectivity index (χ2n) is 14.2. The molecule has 0 aromatic rings. The van der Waals surface area contributed by atoms with Crippen molar-refractivity contribution in [2.45, 2.75) is 234 Å². The van der Waals surface area contributed by atoms with Gasteiger partial charge in [-0.25, -0.2) is 0 Å². The molecule has 44 heavy (non-hydrogen) atoms. The number of nitrogens with zero attached hydrogens (tertiary/aromatic N) is 2. The Balaban J connectivity index is 0. The van der Waals surface area contributed by atoms with Crippen molar-refractivity contribution in [3.63, 3.8) is 0 Å². The van der Waals surface area contributed by atoms with E-state index in [9.17, 15) is 0 Å². The van der Waals surface area contributed by atoms with Gasteiger partial charge in [-0.1, -0.05) is 196 Å². The largest absolute Gasteiger partial charge is 0.303 e. The monoisotopic (exact) mass is 623 g/mol. The summed E-state index contributed by atoms with van der Waals surface area (Å²) >= 11 is 0. The molecule has 0 saturated carbocycles. The summed E-state index contributed by atoms with van der Waals surface area (Å²) in [5, 5.41) is 0. The van der Waals surface area contributed by atoms with Crippen LogP contribution in [-0.4, -0.2) is 49.1 Å². The summed E-state index contributed by atoms with van der Waals surface area (Å²) in [6, 6.07) is 0. The summed E-state index contributed by atoms with van der Waals surface area (Å²) in [5.41, 5.74) is 0. The smallest absolute Gasteiger partial charge is 0.00187 e. The van der Waals surface area contributed by atoms with Gasteiger partial charge >= 0.3 is 0 Å². The second kappa shape index (κ2) is 42.9. The molecule has 0 aliphatic heterocycles.